The topological polar surface area (TPSA) is 92.5 Å². The summed E-state index contributed by atoms with van der Waals surface area (Å²) in [6.07, 6.45) is 0. The van der Waals surface area contributed by atoms with Crippen LogP contribution in [0.1, 0.15) is 38.1 Å². The monoisotopic (exact) mass is 278 g/mol. The SMILES string of the molecule is CC1(C)C(Nc2c(C(=O)O)cccc2[N+](=O)[O-])C1(C)C. The van der Waals surface area contributed by atoms with Crippen molar-refractivity contribution in [1.82, 2.24) is 0 Å². The molecule has 0 spiro atoms. The van der Waals surface area contributed by atoms with Crippen molar-refractivity contribution in [3.05, 3.63) is 33.9 Å². The molecule has 0 atom stereocenters. The maximum absolute atomic E-state index is 11.3. The van der Waals surface area contributed by atoms with E-state index in [1.54, 1.807) is 0 Å². The van der Waals surface area contributed by atoms with E-state index in [0.717, 1.165) is 0 Å². The predicted octanol–water partition coefficient (Wildman–Crippen LogP) is 3.14. The molecule has 0 aromatic heterocycles. The van der Waals surface area contributed by atoms with E-state index in [2.05, 4.69) is 33.0 Å². The fourth-order valence-corrected chi connectivity index (χ4v) is 2.72. The molecule has 0 unspecified atom stereocenters. The summed E-state index contributed by atoms with van der Waals surface area (Å²) in [5.41, 5.74) is -0.284. The number of nitrogens with one attached hydrogen (secondary N) is 1. The third-order valence-corrected chi connectivity index (χ3v) is 4.78. The number of hydrogen-bond donors (Lipinski definition) is 2. The minimum atomic E-state index is -1.17. The summed E-state index contributed by atoms with van der Waals surface area (Å²) in [7, 11) is 0. The number of anilines is 1. The van der Waals surface area contributed by atoms with Crippen LogP contribution >= 0.6 is 0 Å². The molecule has 1 aromatic rings. The number of para-hydroxylation sites is 1. The number of rotatable bonds is 4. The first-order valence-electron chi connectivity index (χ1n) is 6.38. The highest BCUT2D eigenvalue weighted by atomic mass is 16.6. The van der Waals surface area contributed by atoms with Gasteiger partial charge in [0.2, 0.25) is 0 Å². The van der Waals surface area contributed by atoms with Crippen molar-refractivity contribution in [2.45, 2.75) is 33.7 Å². The van der Waals surface area contributed by atoms with Gasteiger partial charge in [-0.15, -0.1) is 0 Å². The Morgan fingerprint density at radius 3 is 2.25 bits per heavy atom. The zero-order valence-electron chi connectivity index (χ0n) is 11.9. The quantitative estimate of drug-likeness (QED) is 0.652. The lowest BCUT2D eigenvalue weighted by Gasteiger charge is -2.11. The first-order chi connectivity index (χ1) is 9.10. The van der Waals surface area contributed by atoms with Crippen molar-refractivity contribution in [2.75, 3.05) is 5.32 Å². The zero-order chi connectivity index (χ0) is 15.3. The van der Waals surface area contributed by atoms with Crippen LogP contribution in [0.25, 0.3) is 0 Å². The molecule has 1 aliphatic rings. The number of carboxylic acid groups (broad SMARTS) is 1. The lowest BCUT2D eigenvalue weighted by molar-refractivity contribution is -0.384. The Bertz CT molecular complexity index is 547. The minimum Gasteiger partial charge on any atom is -0.478 e. The molecule has 0 radical (unpaired) electrons. The molecule has 0 saturated heterocycles. The molecule has 0 aliphatic heterocycles. The summed E-state index contributed by atoms with van der Waals surface area (Å²) in [5, 5.41) is 23.4. The second-order valence-corrected chi connectivity index (χ2v) is 6.28. The number of benzene rings is 1. The molecule has 0 bridgehead atoms. The Labute approximate surface area is 117 Å². The van der Waals surface area contributed by atoms with E-state index >= 15 is 0 Å². The summed E-state index contributed by atoms with van der Waals surface area (Å²) in [6, 6.07) is 4.07. The second kappa shape index (κ2) is 4.19. The molecule has 6 heteroatoms. The van der Waals surface area contributed by atoms with Gasteiger partial charge in [0.15, 0.2) is 0 Å². The Kier molecular flexibility index (Phi) is 3.00. The number of aromatic carboxylic acids is 1. The summed E-state index contributed by atoms with van der Waals surface area (Å²) in [5.74, 6) is -1.17. The standard InChI is InChI=1S/C14H18N2O4/c1-13(2)12(14(13,3)4)15-10-8(11(17)18)6-5-7-9(10)16(19)20/h5-7,12,15H,1-4H3,(H,17,18). The smallest absolute Gasteiger partial charge is 0.338 e. The molecule has 1 aromatic carbocycles. The molecule has 2 rings (SSSR count). The van der Waals surface area contributed by atoms with Crippen molar-refractivity contribution < 1.29 is 14.8 Å². The molecular weight excluding hydrogens is 260 g/mol. The Morgan fingerprint density at radius 1 is 1.30 bits per heavy atom. The van der Waals surface area contributed by atoms with E-state index in [9.17, 15) is 20.0 Å². The van der Waals surface area contributed by atoms with Gasteiger partial charge >= 0.3 is 5.97 Å². The molecule has 1 saturated carbocycles. The van der Waals surface area contributed by atoms with Crippen LogP contribution in [0, 0.1) is 20.9 Å². The highest BCUT2D eigenvalue weighted by Crippen LogP contribution is 2.64. The van der Waals surface area contributed by atoms with Gasteiger partial charge in [0, 0.05) is 12.1 Å². The van der Waals surface area contributed by atoms with Gasteiger partial charge < -0.3 is 10.4 Å². The maximum Gasteiger partial charge on any atom is 0.338 e. The van der Waals surface area contributed by atoms with E-state index in [4.69, 9.17) is 0 Å². The lowest BCUT2D eigenvalue weighted by atomic mass is 10.0. The first kappa shape index (κ1) is 14.3. The number of hydrogen-bond acceptors (Lipinski definition) is 4. The number of carbonyl (C=O) groups is 1. The number of nitrogens with zero attached hydrogens (tertiary/aromatic N) is 1. The van der Waals surface area contributed by atoms with Gasteiger partial charge in [0.05, 0.1) is 10.5 Å². The van der Waals surface area contributed by atoms with Crippen molar-refractivity contribution >= 4 is 17.3 Å². The van der Waals surface area contributed by atoms with Crippen LogP contribution in [0.5, 0.6) is 0 Å². The van der Waals surface area contributed by atoms with Crippen LogP contribution in [-0.2, 0) is 0 Å². The van der Waals surface area contributed by atoms with Crippen molar-refractivity contribution in [1.29, 1.82) is 0 Å². The summed E-state index contributed by atoms with van der Waals surface area (Å²) in [4.78, 5) is 21.8. The van der Waals surface area contributed by atoms with Crippen molar-refractivity contribution in [3.8, 4) is 0 Å². The second-order valence-electron chi connectivity index (χ2n) is 6.28. The zero-order valence-corrected chi connectivity index (χ0v) is 11.9. The van der Waals surface area contributed by atoms with E-state index in [-0.39, 0.29) is 33.8 Å². The van der Waals surface area contributed by atoms with E-state index in [1.807, 2.05) is 0 Å². The van der Waals surface area contributed by atoms with Gasteiger partial charge in [-0.05, 0) is 16.9 Å². The molecule has 0 amide bonds. The number of nitro groups is 1. The van der Waals surface area contributed by atoms with Crippen LogP contribution in [0.3, 0.4) is 0 Å². The fourth-order valence-electron chi connectivity index (χ4n) is 2.72. The molecule has 6 nitrogen and oxygen atoms in total. The van der Waals surface area contributed by atoms with Gasteiger partial charge in [-0.3, -0.25) is 10.1 Å². The van der Waals surface area contributed by atoms with E-state index in [0.29, 0.717) is 0 Å². The summed E-state index contributed by atoms with van der Waals surface area (Å²) >= 11 is 0. The largest absolute Gasteiger partial charge is 0.478 e. The first-order valence-corrected chi connectivity index (χ1v) is 6.38. The van der Waals surface area contributed by atoms with Crippen molar-refractivity contribution in [3.63, 3.8) is 0 Å². The van der Waals surface area contributed by atoms with Gasteiger partial charge in [-0.25, -0.2) is 4.79 Å². The van der Waals surface area contributed by atoms with Gasteiger partial charge in [0.1, 0.15) is 5.69 Å². The van der Waals surface area contributed by atoms with Crippen LogP contribution in [-0.4, -0.2) is 22.0 Å². The van der Waals surface area contributed by atoms with Crippen molar-refractivity contribution in [2.24, 2.45) is 10.8 Å². The third-order valence-electron chi connectivity index (χ3n) is 4.78. The van der Waals surface area contributed by atoms with E-state index in [1.165, 1.54) is 18.2 Å². The van der Waals surface area contributed by atoms with Crippen LogP contribution in [0.15, 0.2) is 18.2 Å². The molecule has 1 fully saturated rings. The summed E-state index contributed by atoms with van der Waals surface area (Å²) < 4.78 is 0. The summed E-state index contributed by atoms with van der Waals surface area (Å²) in [6.45, 7) is 8.22. The predicted molar refractivity (Wildman–Crippen MR) is 75.0 cm³/mol. The highest BCUT2D eigenvalue weighted by Gasteiger charge is 2.65. The van der Waals surface area contributed by atoms with Gasteiger partial charge in [0.25, 0.3) is 5.69 Å². The molecule has 2 N–H and O–H groups in total. The van der Waals surface area contributed by atoms with Gasteiger partial charge in [-0.2, -0.15) is 0 Å². The van der Waals surface area contributed by atoms with E-state index < -0.39 is 10.9 Å². The van der Waals surface area contributed by atoms with Crippen LogP contribution < -0.4 is 5.32 Å². The Balaban J connectivity index is 2.46. The molecular formula is C14H18N2O4. The fraction of sp³-hybridized carbons (Fsp3) is 0.500. The molecule has 20 heavy (non-hydrogen) atoms. The maximum atomic E-state index is 11.3. The van der Waals surface area contributed by atoms with Crippen LogP contribution in [0.4, 0.5) is 11.4 Å². The average molecular weight is 278 g/mol. The molecule has 108 valence electrons. The molecule has 0 heterocycles. The Morgan fingerprint density at radius 2 is 1.85 bits per heavy atom. The van der Waals surface area contributed by atoms with Gasteiger partial charge in [-0.1, -0.05) is 33.8 Å². The normalized spacial score (nSPS) is 19.4. The number of carboxylic acids is 1. The Hall–Kier alpha value is -2.11. The minimum absolute atomic E-state index is 0.00537. The molecule has 1 aliphatic carbocycles. The highest BCUT2D eigenvalue weighted by molar-refractivity contribution is 5.97. The lowest BCUT2D eigenvalue weighted by Crippen LogP contribution is -2.15. The number of nitro benzene ring substituents is 1. The third kappa shape index (κ3) is 1.92. The van der Waals surface area contributed by atoms with Crippen LogP contribution in [0.2, 0.25) is 0 Å². The average Bonchev–Trinajstić information content (AvgIpc) is 2.71.